The highest BCUT2D eigenvalue weighted by Gasteiger charge is 2.28. The predicted molar refractivity (Wildman–Crippen MR) is 84.6 cm³/mol. The van der Waals surface area contributed by atoms with Gasteiger partial charge in [-0.15, -0.1) is 0 Å². The van der Waals surface area contributed by atoms with Gasteiger partial charge in [-0.1, -0.05) is 20.8 Å². The summed E-state index contributed by atoms with van der Waals surface area (Å²) in [6.45, 7) is 8.08. The van der Waals surface area contributed by atoms with Crippen LogP contribution in [0.1, 0.15) is 62.3 Å². The van der Waals surface area contributed by atoms with Crippen LogP contribution < -0.4 is 4.90 Å². The maximum absolute atomic E-state index is 4.77. The lowest BCUT2D eigenvalue weighted by atomic mass is 9.95. The van der Waals surface area contributed by atoms with Crippen molar-refractivity contribution in [2.45, 2.75) is 58.0 Å². The summed E-state index contributed by atoms with van der Waals surface area (Å²) in [4.78, 5) is 20.4. The van der Waals surface area contributed by atoms with E-state index in [2.05, 4.69) is 46.7 Å². The summed E-state index contributed by atoms with van der Waals surface area (Å²) in [6.07, 6.45) is 6.19. The molecule has 22 heavy (non-hydrogen) atoms. The van der Waals surface area contributed by atoms with E-state index in [-0.39, 0.29) is 5.41 Å². The van der Waals surface area contributed by atoms with Gasteiger partial charge in [-0.05, 0) is 12.8 Å². The number of fused-ring (bicyclic) bond motifs is 1. The van der Waals surface area contributed by atoms with Crippen molar-refractivity contribution in [2.75, 3.05) is 4.90 Å². The van der Waals surface area contributed by atoms with E-state index in [1.807, 2.05) is 6.20 Å². The van der Waals surface area contributed by atoms with Crippen LogP contribution in [0.15, 0.2) is 18.6 Å². The Morgan fingerprint density at radius 2 is 1.91 bits per heavy atom. The molecule has 2 aliphatic rings. The summed E-state index contributed by atoms with van der Waals surface area (Å²) in [6, 6.07) is 2.14. The highest BCUT2D eigenvalue weighted by atomic mass is 15.2. The first-order chi connectivity index (χ1) is 10.5. The summed E-state index contributed by atoms with van der Waals surface area (Å²) in [5.41, 5.74) is 3.50. The average Bonchev–Trinajstić information content (AvgIpc) is 3.25. The van der Waals surface area contributed by atoms with Crippen LogP contribution in [-0.4, -0.2) is 19.9 Å². The highest BCUT2D eigenvalue weighted by Crippen LogP contribution is 2.40. The quantitative estimate of drug-likeness (QED) is 0.852. The molecule has 1 saturated carbocycles. The van der Waals surface area contributed by atoms with Crippen LogP contribution in [0, 0.1) is 0 Å². The van der Waals surface area contributed by atoms with E-state index in [0.29, 0.717) is 5.92 Å². The van der Waals surface area contributed by atoms with E-state index in [1.54, 1.807) is 6.33 Å². The molecule has 4 rings (SSSR count). The minimum absolute atomic E-state index is 0.0174. The molecule has 1 aliphatic heterocycles. The first-order valence-electron chi connectivity index (χ1n) is 7.93. The molecule has 5 heteroatoms. The van der Waals surface area contributed by atoms with Gasteiger partial charge in [0.2, 0.25) is 0 Å². The van der Waals surface area contributed by atoms with E-state index in [0.717, 1.165) is 30.4 Å². The van der Waals surface area contributed by atoms with E-state index in [1.165, 1.54) is 24.1 Å². The maximum Gasteiger partial charge on any atom is 0.133 e. The van der Waals surface area contributed by atoms with Crippen LogP contribution in [0.2, 0.25) is 0 Å². The summed E-state index contributed by atoms with van der Waals surface area (Å²) in [7, 11) is 0. The molecule has 3 heterocycles. The van der Waals surface area contributed by atoms with Gasteiger partial charge in [0.05, 0.1) is 12.2 Å². The van der Waals surface area contributed by atoms with E-state index in [4.69, 9.17) is 4.98 Å². The minimum atomic E-state index is -0.0174. The Morgan fingerprint density at radius 1 is 1.09 bits per heavy atom. The van der Waals surface area contributed by atoms with Crippen molar-refractivity contribution >= 4 is 5.82 Å². The molecule has 0 atom stereocenters. The van der Waals surface area contributed by atoms with Crippen LogP contribution in [0.5, 0.6) is 0 Å². The molecule has 0 saturated heterocycles. The van der Waals surface area contributed by atoms with Gasteiger partial charge in [-0.3, -0.25) is 0 Å². The standard InChI is InChI=1S/C17H21N5/c1-17(2,3)16-18-7-12-8-22(9-14(12)21-16)15-6-13(11-4-5-11)19-10-20-15/h6-7,10-11H,4-5,8-9H2,1-3H3. The molecule has 0 radical (unpaired) electrons. The Morgan fingerprint density at radius 3 is 2.64 bits per heavy atom. The van der Waals surface area contributed by atoms with Crippen LogP contribution in [0.4, 0.5) is 5.82 Å². The number of nitrogens with zero attached hydrogens (tertiary/aromatic N) is 5. The first-order valence-corrected chi connectivity index (χ1v) is 7.93. The van der Waals surface area contributed by atoms with Crippen molar-refractivity contribution in [2.24, 2.45) is 0 Å². The van der Waals surface area contributed by atoms with Gasteiger partial charge in [0.25, 0.3) is 0 Å². The molecular formula is C17H21N5. The molecular weight excluding hydrogens is 274 g/mol. The second kappa shape index (κ2) is 4.73. The third kappa shape index (κ3) is 2.45. The van der Waals surface area contributed by atoms with Crippen molar-refractivity contribution in [1.82, 2.24) is 19.9 Å². The van der Waals surface area contributed by atoms with E-state index in [9.17, 15) is 0 Å². The molecule has 1 aliphatic carbocycles. The minimum Gasteiger partial charge on any atom is -0.346 e. The van der Waals surface area contributed by atoms with E-state index < -0.39 is 0 Å². The third-order valence-corrected chi connectivity index (χ3v) is 4.32. The van der Waals surface area contributed by atoms with E-state index >= 15 is 0 Å². The van der Waals surface area contributed by atoms with Crippen molar-refractivity contribution in [3.05, 3.63) is 41.4 Å². The average molecular weight is 295 g/mol. The zero-order valence-corrected chi connectivity index (χ0v) is 13.4. The van der Waals surface area contributed by atoms with Crippen molar-refractivity contribution in [3.8, 4) is 0 Å². The smallest absolute Gasteiger partial charge is 0.133 e. The van der Waals surface area contributed by atoms with Crippen LogP contribution in [-0.2, 0) is 18.5 Å². The van der Waals surface area contributed by atoms with Gasteiger partial charge >= 0.3 is 0 Å². The molecule has 0 aromatic carbocycles. The van der Waals surface area contributed by atoms with Gasteiger partial charge < -0.3 is 4.90 Å². The Kier molecular flexibility index (Phi) is 2.93. The maximum atomic E-state index is 4.77. The normalized spacial score (nSPS) is 17.7. The van der Waals surface area contributed by atoms with Crippen molar-refractivity contribution in [1.29, 1.82) is 0 Å². The number of anilines is 1. The zero-order valence-electron chi connectivity index (χ0n) is 13.4. The monoisotopic (exact) mass is 295 g/mol. The molecule has 0 amide bonds. The van der Waals surface area contributed by atoms with Crippen molar-refractivity contribution in [3.63, 3.8) is 0 Å². The fraction of sp³-hybridized carbons (Fsp3) is 0.529. The summed E-state index contributed by atoms with van der Waals surface area (Å²) in [5.74, 6) is 2.57. The molecule has 5 nitrogen and oxygen atoms in total. The Labute approximate surface area is 130 Å². The predicted octanol–water partition coefficient (Wildman–Crippen LogP) is 2.96. The third-order valence-electron chi connectivity index (χ3n) is 4.32. The van der Waals surface area contributed by atoms with Gasteiger partial charge in [0.1, 0.15) is 18.0 Å². The van der Waals surface area contributed by atoms with Crippen molar-refractivity contribution < 1.29 is 0 Å². The number of hydrogen-bond donors (Lipinski definition) is 0. The SMILES string of the molecule is CC(C)(C)c1ncc2c(n1)CN(c1cc(C3CC3)ncn1)C2. The fourth-order valence-electron chi connectivity index (χ4n) is 2.81. The highest BCUT2D eigenvalue weighted by molar-refractivity contribution is 5.46. The number of aromatic nitrogens is 4. The Hall–Kier alpha value is -2.04. The second-order valence-electron chi connectivity index (χ2n) is 7.35. The molecule has 2 aromatic heterocycles. The number of hydrogen-bond acceptors (Lipinski definition) is 5. The molecule has 1 fully saturated rings. The van der Waals surface area contributed by atoms with Crippen LogP contribution >= 0.6 is 0 Å². The summed E-state index contributed by atoms with van der Waals surface area (Å²) in [5, 5.41) is 0. The second-order valence-corrected chi connectivity index (χ2v) is 7.35. The summed E-state index contributed by atoms with van der Waals surface area (Å²) >= 11 is 0. The molecule has 0 unspecified atom stereocenters. The zero-order chi connectivity index (χ0) is 15.3. The Balaban J connectivity index is 1.60. The summed E-state index contributed by atoms with van der Waals surface area (Å²) < 4.78 is 0. The Bertz CT molecular complexity index is 715. The van der Waals surface area contributed by atoms with Gasteiger partial charge in [-0.25, -0.2) is 19.9 Å². The molecule has 0 bridgehead atoms. The topological polar surface area (TPSA) is 54.8 Å². The van der Waals surface area contributed by atoms with Gasteiger partial charge in [0, 0.05) is 41.4 Å². The lowest BCUT2D eigenvalue weighted by Crippen LogP contribution is -2.18. The lowest BCUT2D eigenvalue weighted by Gasteiger charge is -2.17. The van der Waals surface area contributed by atoms with Gasteiger partial charge in [-0.2, -0.15) is 0 Å². The molecule has 0 N–H and O–H groups in total. The molecule has 0 spiro atoms. The van der Waals surface area contributed by atoms with Crippen LogP contribution in [0.25, 0.3) is 0 Å². The largest absolute Gasteiger partial charge is 0.346 e. The fourth-order valence-corrected chi connectivity index (χ4v) is 2.81. The van der Waals surface area contributed by atoms with Crippen LogP contribution in [0.3, 0.4) is 0 Å². The lowest BCUT2D eigenvalue weighted by molar-refractivity contribution is 0.541. The molecule has 114 valence electrons. The van der Waals surface area contributed by atoms with Gasteiger partial charge in [0.15, 0.2) is 0 Å². The molecule has 2 aromatic rings. The number of rotatable bonds is 2. The first kappa shape index (κ1) is 13.6.